The molecule has 0 aromatic heterocycles. The zero-order chi connectivity index (χ0) is 14.8. The van der Waals surface area contributed by atoms with Crippen LogP contribution in [0, 0.1) is 11.8 Å². The van der Waals surface area contributed by atoms with E-state index in [0.717, 1.165) is 32.2 Å². The Morgan fingerprint density at radius 1 is 1.45 bits per heavy atom. The summed E-state index contributed by atoms with van der Waals surface area (Å²) in [6.45, 7) is 5.96. The number of carboxylic acid groups (broad SMARTS) is 1. The van der Waals surface area contributed by atoms with Gasteiger partial charge in [-0.3, -0.25) is 9.59 Å². The van der Waals surface area contributed by atoms with Crippen molar-refractivity contribution in [1.29, 1.82) is 0 Å². The molecular formula is C15H25NO4. The molecular weight excluding hydrogens is 258 g/mol. The molecule has 3 unspecified atom stereocenters. The molecule has 0 saturated carbocycles. The summed E-state index contributed by atoms with van der Waals surface area (Å²) < 4.78 is 5.63. The van der Waals surface area contributed by atoms with E-state index in [0.29, 0.717) is 13.2 Å². The number of aliphatic carboxylic acids is 1. The highest BCUT2D eigenvalue weighted by molar-refractivity contribution is 5.85. The molecule has 5 heteroatoms. The fraction of sp³-hybridized carbons (Fsp3) is 0.867. The van der Waals surface area contributed by atoms with E-state index in [1.54, 1.807) is 0 Å². The number of rotatable bonds is 4. The topological polar surface area (TPSA) is 66.8 Å². The molecule has 114 valence electrons. The molecule has 0 radical (unpaired) electrons. The maximum atomic E-state index is 12.6. The molecule has 2 aliphatic rings. The Kier molecular flexibility index (Phi) is 4.68. The van der Waals surface area contributed by atoms with Crippen molar-refractivity contribution in [3.63, 3.8) is 0 Å². The number of amides is 1. The molecule has 2 fully saturated rings. The predicted molar refractivity (Wildman–Crippen MR) is 74.3 cm³/mol. The molecule has 0 aromatic rings. The van der Waals surface area contributed by atoms with Gasteiger partial charge in [-0.2, -0.15) is 0 Å². The van der Waals surface area contributed by atoms with E-state index in [9.17, 15) is 9.59 Å². The van der Waals surface area contributed by atoms with E-state index in [1.807, 2.05) is 18.7 Å². The third-order valence-corrected chi connectivity index (χ3v) is 4.72. The Morgan fingerprint density at radius 2 is 2.20 bits per heavy atom. The molecule has 1 amide bonds. The van der Waals surface area contributed by atoms with Gasteiger partial charge in [0.25, 0.3) is 5.91 Å². The quantitative estimate of drug-likeness (QED) is 0.855. The molecule has 2 rings (SSSR count). The van der Waals surface area contributed by atoms with Gasteiger partial charge in [-0.15, -0.1) is 0 Å². The van der Waals surface area contributed by atoms with E-state index in [-0.39, 0.29) is 24.2 Å². The monoisotopic (exact) mass is 283 g/mol. The van der Waals surface area contributed by atoms with Crippen LogP contribution in [0.2, 0.25) is 0 Å². The van der Waals surface area contributed by atoms with E-state index in [2.05, 4.69) is 0 Å². The molecule has 3 atom stereocenters. The van der Waals surface area contributed by atoms with Crippen molar-refractivity contribution < 1.29 is 19.4 Å². The highest BCUT2D eigenvalue weighted by Gasteiger charge is 2.42. The van der Waals surface area contributed by atoms with Crippen LogP contribution < -0.4 is 0 Å². The Bertz CT molecular complexity index is 376. The molecule has 0 aliphatic carbocycles. The first-order valence-corrected chi connectivity index (χ1v) is 7.57. The third-order valence-electron chi connectivity index (χ3n) is 4.72. The van der Waals surface area contributed by atoms with Crippen LogP contribution in [0.25, 0.3) is 0 Å². The lowest BCUT2D eigenvalue weighted by atomic mass is 9.84. The summed E-state index contributed by atoms with van der Waals surface area (Å²) in [5.74, 6) is -0.275. The molecule has 0 aromatic carbocycles. The third kappa shape index (κ3) is 3.32. The van der Waals surface area contributed by atoms with Crippen LogP contribution in [0.3, 0.4) is 0 Å². The summed E-state index contributed by atoms with van der Waals surface area (Å²) in [6.07, 6.45) is 3.87. The van der Waals surface area contributed by atoms with E-state index >= 15 is 0 Å². The van der Waals surface area contributed by atoms with E-state index in [4.69, 9.17) is 9.84 Å². The second kappa shape index (κ2) is 6.12. The summed E-state index contributed by atoms with van der Waals surface area (Å²) in [5, 5.41) is 8.90. The molecule has 0 spiro atoms. The van der Waals surface area contributed by atoms with Crippen LogP contribution in [0.4, 0.5) is 0 Å². The van der Waals surface area contributed by atoms with Crippen LogP contribution in [-0.4, -0.2) is 47.2 Å². The molecule has 2 aliphatic heterocycles. The predicted octanol–water partition coefficient (Wildman–Crippen LogP) is 1.90. The van der Waals surface area contributed by atoms with Crippen LogP contribution in [0.5, 0.6) is 0 Å². The zero-order valence-corrected chi connectivity index (χ0v) is 12.4. The summed E-state index contributed by atoms with van der Waals surface area (Å²) in [5.41, 5.74) is -0.655. The van der Waals surface area contributed by atoms with Gasteiger partial charge in [0.2, 0.25) is 0 Å². The minimum atomic E-state index is -0.757. The number of piperidine rings is 1. The summed E-state index contributed by atoms with van der Waals surface area (Å²) in [6, 6.07) is 0. The van der Waals surface area contributed by atoms with Crippen molar-refractivity contribution in [3.8, 4) is 0 Å². The van der Waals surface area contributed by atoms with Gasteiger partial charge in [0.1, 0.15) is 5.60 Å². The summed E-state index contributed by atoms with van der Waals surface area (Å²) in [4.78, 5) is 25.3. The van der Waals surface area contributed by atoms with Gasteiger partial charge >= 0.3 is 5.97 Å². The van der Waals surface area contributed by atoms with Crippen LogP contribution in [0.1, 0.15) is 46.0 Å². The van der Waals surface area contributed by atoms with Gasteiger partial charge in [0.15, 0.2) is 0 Å². The first-order chi connectivity index (χ1) is 9.42. The van der Waals surface area contributed by atoms with Crippen molar-refractivity contribution in [3.05, 3.63) is 0 Å². The molecule has 5 nitrogen and oxygen atoms in total. The minimum absolute atomic E-state index is 0.0854. The van der Waals surface area contributed by atoms with Crippen LogP contribution in [0.15, 0.2) is 0 Å². The molecule has 2 saturated heterocycles. The average Bonchev–Trinajstić information content (AvgIpc) is 2.85. The van der Waals surface area contributed by atoms with Crippen LogP contribution >= 0.6 is 0 Å². The van der Waals surface area contributed by atoms with E-state index in [1.165, 1.54) is 0 Å². The normalized spacial score (nSPS) is 32.1. The van der Waals surface area contributed by atoms with Gasteiger partial charge in [-0.1, -0.05) is 6.92 Å². The SMILES string of the molecule is CC(CC(=O)O)C1CCCN(C(=O)C2(C)CCCO2)C1. The summed E-state index contributed by atoms with van der Waals surface area (Å²) in [7, 11) is 0. The van der Waals surface area contributed by atoms with Gasteiger partial charge in [0.05, 0.1) is 0 Å². The fourth-order valence-electron chi connectivity index (χ4n) is 3.38. The number of carbonyl (C=O) groups is 2. The number of hydrogen-bond acceptors (Lipinski definition) is 3. The Balaban J connectivity index is 1.96. The standard InChI is InChI=1S/C15H25NO4/c1-11(9-13(17)18)12-5-3-7-16(10-12)14(19)15(2)6-4-8-20-15/h11-12H,3-10H2,1-2H3,(H,17,18). The van der Waals surface area contributed by atoms with Gasteiger partial charge < -0.3 is 14.7 Å². The summed E-state index contributed by atoms with van der Waals surface area (Å²) >= 11 is 0. The van der Waals surface area contributed by atoms with Gasteiger partial charge in [-0.05, 0) is 44.4 Å². The highest BCUT2D eigenvalue weighted by Crippen LogP contribution is 2.31. The number of nitrogens with zero attached hydrogens (tertiary/aromatic N) is 1. The lowest BCUT2D eigenvalue weighted by molar-refractivity contribution is -0.153. The fourth-order valence-corrected chi connectivity index (χ4v) is 3.38. The number of carbonyl (C=O) groups excluding carboxylic acids is 1. The number of likely N-dealkylation sites (tertiary alicyclic amines) is 1. The first kappa shape index (κ1) is 15.3. The number of hydrogen-bond donors (Lipinski definition) is 1. The lowest BCUT2D eigenvalue weighted by Gasteiger charge is -2.39. The second-order valence-corrected chi connectivity index (χ2v) is 6.41. The first-order valence-electron chi connectivity index (χ1n) is 7.57. The van der Waals surface area contributed by atoms with E-state index < -0.39 is 11.6 Å². The minimum Gasteiger partial charge on any atom is -0.481 e. The van der Waals surface area contributed by atoms with Crippen molar-refractivity contribution in [2.75, 3.05) is 19.7 Å². The largest absolute Gasteiger partial charge is 0.481 e. The highest BCUT2D eigenvalue weighted by atomic mass is 16.5. The Morgan fingerprint density at radius 3 is 2.80 bits per heavy atom. The van der Waals surface area contributed by atoms with Crippen LogP contribution in [-0.2, 0) is 14.3 Å². The van der Waals surface area contributed by atoms with Crippen molar-refractivity contribution >= 4 is 11.9 Å². The second-order valence-electron chi connectivity index (χ2n) is 6.41. The number of carboxylic acids is 1. The molecule has 20 heavy (non-hydrogen) atoms. The Labute approximate surface area is 120 Å². The number of ether oxygens (including phenoxy) is 1. The Hall–Kier alpha value is -1.10. The maximum Gasteiger partial charge on any atom is 0.303 e. The van der Waals surface area contributed by atoms with Gasteiger partial charge in [0, 0.05) is 26.1 Å². The lowest BCUT2D eigenvalue weighted by Crippen LogP contribution is -2.51. The van der Waals surface area contributed by atoms with Crippen molar-refractivity contribution in [1.82, 2.24) is 4.90 Å². The van der Waals surface area contributed by atoms with Crippen molar-refractivity contribution in [2.45, 2.75) is 51.6 Å². The molecule has 2 heterocycles. The average molecular weight is 283 g/mol. The maximum absolute atomic E-state index is 12.6. The molecule has 0 bridgehead atoms. The zero-order valence-electron chi connectivity index (χ0n) is 12.4. The smallest absolute Gasteiger partial charge is 0.303 e. The molecule has 1 N–H and O–H groups in total. The van der Waals surface area contributed by atoms with Gasteiger partial charge in [-0.25, -0.2) is 0 Å². The van der Waals surface area contributed by atoms with Crippen molar-refractivity contribution in [2.24, 2.45) is 11.8 Å².